The second-order valence-electron chi connectivity index (χ2n) is 4.04. The zero-order valence-corrected chi connectivity index (χ0v) is 11.9. The standard InChI is InChI=1S/C12H12N6O2S/c1-19-9-4-2-3-8(5-9)11-16-15-10(20-11)6-21-12-17-14-7-18(12)13/h2-5,7H,6,13H2,1H3. The molecule has 0 amide bonds. The van der Waals surface area contributed by atoms with Crippen LogP contribution < -0.4 is 10.6 Å². The first-order valence-corrected chi connectivity index (χ1v) is 6.99. The van der Waals surface area contributed by atoms with Crippen LogP contribution >= 0.6 is 11.8 Å². The minimum atomic E-state index is 0.443. The van der Waals surface area contributed by atoms with Gasteiger partial charge in [0.25, 0.3) is 0 Å². The number of methoxy groups -OCH3 is 1. The van der Waals surface area contributed by atoms with Crippen LogP contribution in [-0.2, 0) is 5.75 Å². The van der Waals surface area contributed by atoms with E-state index in [1.165, 1.54) is 22.8 Å². The van der Waals surface area contributed by atoms with Gasteiger partial charge in [-0.3, -0.25) is 0 Å². The van der Waals surface area contributed by atoms with E-state index < -0.39 is 0 Å². The van der Waals surface area contributed by atoms with Crippen molar-refractivity contribution < 1.29 is 9.15 Å². The van der Waals surface area contributed by atoms with Gasteiger partial charge in [0, 0.05) is 5.56 Å². The van der Waals surface area contributed by atoms with Gasteiger partial charge in [-0.2, -0.15) is 0 Å². The Kier molecular flexibility index (Phi) is 3.73. The van der Waals surface area contributed by atoms with Crippen molar-refractivity contribution >= 4 is 11.8 Å². The van der Waals surface area contributed by atoms with E-state index >= 15 is 0 Å². The number of aromatic nitrogens is 5. The SMILES string of the molecule is COc1cccc(-c2nnc(CSc3nncn3N)o2)c1. The molecule has 3 aromatic rings. The quantitative estimate of drug-likeness (QED) is 0.556. The molecule has 0 radical (unpaired) electrons. The molecule has 108 valence electrons. The molecule has 8 nitrogen and oxygen atoms in total. The first-order chi connectivity index (χ1) is 10.3. The number of hydrogen-bond acceptors (Lipinski definition) is 8. The lowest BCUT2D eigenvalue weighted by atomic mass is 10.2. The average molecular weight is 304 g/mol. The van der Waals surface area contributed by atoms with E-state index in [1.54, 1.807) is 7.11 Å². The molecule has 0 unspecified atom stereocenters. The van der Waals surface area contributed by atoms with E-state index in [0.717, 1.165) is 11.3 Å². The Morgan fingerprint density at radius 1 is 1.33 bits per heavy atom. The van der Waals surface area contributed by atoms with Crippen LogP contribution in [0, 0.1) is 0 Å². The molecule has 0 aliphatic rings. The maximum atomic E-state index is 5.62. The predicted octanol–water partition coefficient (Wildman–Crippen LogP) is 1.34. The summed E-state index contributed by atoms with van der Waals surface area (Å²) in [5, 5.41) is 16.2. The first-order valence-electron chi connectivity index (χ1n) is 6.01. The van der Waals surface area contributed by atoms with E-state index in [4.69, 9.17) is 15.0 Å². The molecule has 9 heteroatoms. The molecule has 0 atom stereocenters. The molecule has 0 saturated carbocycles. The van der Waals surface area contributed by atoms with Crippen LogP contribution in [0.3, 0.4) is 0 Å². The van der Waals surface area contributed by atoms with Crippen molar-refractivity contribution in [2.75, 3.05) is 13.0 Å². The summed E-state index contributed by atoms with van der Waals surface area (Å²) in [4.78, 5) is 0. The van der Waals surface area contributed by atoms with E-state index in [0.29, 0.717) is 22.7 Å². The molecule has 2 heterocycles. The van der Waals surface area contributed by atoms with Crippen molar-refractivity contribution in [1.82, 2.24) is 25.1 Å². The number of nitrogens with two attached hydrogens (primary N) is 1. The molecule has 0 spiro atoms. The smallest absolute Gasteiger partial charge is 0.247 e. The van der Waals surface area contributed by atoms with Gasteiger partial charge in [0.15, 0.2) is 0 Å². The Morgan fingerprint density at radius 3 is 3.00 bits per heavy atom. The fourth-order valence-corrected chi connectivity index (χ4v) is 2.32. The molecule has 0 aliphatic heterocycles. The lowest BCUT2D eigenvalue weighted by molar-refractivity contribution is 0.414. The number of ether oxygens (including phenoxy) is 1. The Hall–Kier alpha value is -2.55. The molecule has 0 fully saturated rings. The van der Waals surface area contributed by atoms with Gasteiger partial charge in [-0.05, 0) is 18.2 Å². The molecule has 0 aliphatic carbocycles. The summed E-state index contributed by atoms with van der Waals surface area (Å²) in [5.41, 5.74) is 0.806. The number of hydrogen-bond donors (Lipinski definition) is 1. The topological polar surface area (TPSA) is 105 Å². The summed E-state index contributed by atoms with van der Waals surface area (Å²) < 4.78 is 12.1. The van der Waals surface area contributed by atoms with E-state index in [1.807, 2.05) is 24.3 Å². The molecule has 2 aromatic heterocycles. The maximum Gasteiger partial charge on any atom is 0.247 e. The van der Waals surface area contributed by atoms with Gasteiger partial charge in [0.2, 0.25) is 16.9 Å². The largest absolute Gasteiger partial charge is 0.497 e. The van der Waals surface area contributed by atoms with Crippen molar-refractivity contribution in [2.24, 2.45) is 0 Å². The van der Waals surface area contributed by atoms with Crippen LogP contribution in [0.15, 0.2) is 40.2 Å². The van der Waals surface area contributed by atoms with Crippen LogP contribution in [0.5, 0.6) is 5.75 Å². The molecule has 0 bridgehead atoms. The number of benzene rings is 1. The highest BCUT2D eigenvalue weighted by atomic mass is 32.2. The lowest BCUT2D eigenvalue weighted by Gasteiger charge is -2.00. The average Bonchev–Trinajstić information content (AvgIpc) is 3.14. The number of thioether (sulfide) groups is 1. The lowest BCUT2D eigenvalue weighted by Crippen LogP contribution is -2.07. The van der Waals surface area contributed by atoms with E-state index in [2.05, 4.69) is 20.4 Å². The van der Waals surface area contributed by atoms with Crippen LogP contribution in [0.2, 0.25) is 0 Å². The van der Waals surface area contributed by atoms with Crippen molar-refractivity contribution in [3.8, 4) is 17.2 Å². The van der Waals surface area contributed by atoms with E-state index in [9.17, 15) is 0 Å². The normalized spacial score (nSPS) is 10.7. The van der Waals surface area contributed by atoms with Crippen molar-refractivity contribution in [2.45, 2.75) is 10.9 Å². The third kappa shape index (κ3) is 2.97. The fourth-order valence-electron chi connectivity index (χ4n) is 1.65. The minimum absolute atomic E-state index is 0.443. The maximum absolute atomic E-state index is 5.62. The van der Waals surface area contributed by atoms with Crippen molar-refractivity contribution in [1.29, 1.82) is 0 Å². The van der Waals surface area contributed by atoms with Gasteiger partial charge in [-0.25, -0.2) is 4.68 Å². The molecular weight excluding hydrogens is 292 g/mol. The summed E-state index contributed by atoms with van der Waals surface area (Å²) in [5.74, 6) is 7.75. The number of nitrogen functional groups attached to an aromatic ring is 1. The summed E-state index contributed by atoms with van der Waals surface area (Å²) in [6.07, 6.45) is 1.43. The summed E-state index contributed by atoms with van der Waals surface area (Å²) in [6, 6.07) is 7.43. The van der Waals surface area contributed by atoms with Gasteiger partial charge in [-0.1, -0.05) is 17.8 Å². The Balaban J connectivity index is 1.72. The van der Waals surface area contributed by atoms with Crippen molar-refractivity contribution in [3.05, 3.63) is 36.5 Å². The first kappa shape index (κ1) is 13.4. The van der Waals surface area contributed by atoms with Crippen LogP contribution in [0.4, 0.5) is 0 Å². The molecule has 0 saturated heterocycles. The highest BCUT2D eigenvalue weighted by Crippen LogP contribution is 2.24. The zero-order valence-electron chi connectivity index (χ0n) is 11.1. The summed E-state index contributed by atoms with van der Waals surface area (Å²) in [7, 11) is 1.61. The minimum Gasteiger partial charge on any atom is -0.497 e. The van der Waals surface area contributed by atoms with Gasteiger partial charge < -0.3 is 15.0 Å². The highest BCUT2D eigenvalue weighted by molar-refractivity contribution is 7.98. The van der Waals surface area contributed by atoms with Crippen LogP contribution in [0.1, 0.15) is 5.89 Å². The molecule has 1 aromatic carbocycles. The third-order valence-corrected chi connectivity index (χ3v) is 3.59. The summed E-state index contributed by atoms with van der Waals surface area (Å²) >= 11 is 1.37. The molecule has 3 rings (SSSR count). The fraction of sp³-hybridized carbons (Fsp3) is 0.167. The predicted molar refractivity (Wildman–Crippen MR) is 76.0 cm³/mol. The monoisotopic (exact) mass is 304 g/mol. The second kappa shape index (κ2) is 5.83. The summed E-state index contributed by atoms with van der Waals surface area (Å²) in [6.45, 7) is 0. The molecule has 2 N–H and O–H groups in total. The van der Waals surface area contributed by atoms with Gasteiger partial charge in [0.1, 0.15) is 12.1 Å². The number of rotatable bonds is 5. The Bertz CT molecular complexity index is 741. The Morgan fingerprint density at radius 2 is 2.24 bits per heavy atom. The molecular formula is C12H12N6O2S. The zero-order chi connectivity index (χ0) is 14.7. The van der Waals surface area contributed by atoms with E-state index in [-0.39, 0.29) is 0 Å². The van der Waals surface area contributed by atoms with Gasteiger partial charge in [0.05, 0.1) is 12.9 Å². The molecule has 21 heavy (non-hydrogen) atoms. The Labute approximate surface area is 124 Å². The van der Waals surface area contributed by atoms with Gasteiger partial charge in [-0.15, -0.1) is 20.4 Å². The van der Waals surface area contributed by atoms with Crippen LogP contribution in [-0.4, -0.2) is 32.2 Å². The van der Waals surface area contributed by atoms with Crippen molar-refractivity contribution in [3.63, 3.8) is 0 Å². The highest BCUT2D eigenvalue weighted by Gasteiger charge is 2.11. The third-order valence-electron chi connectivity index (χ3n) is 2.65. The second-order valence-corrected chi connectivity index (χ2v) is 4.98. The van der Waals surface area contributed by atoms with Crippen LogP contribution in [0.25, 0.3) is 11.5 Å². The number of nitrogens with zero attached hydrogens (tertiary/aromatic N) is 5. The van der Waals surface area contributed by atoms with Gasteiger partial charge >= 0.3 is 0 Å².